The minimum absolute atomic E-state index is 0.235. The van der Waals surface area contributed by atoms with Crippen LogP contribution in [-0.4, -0.2) is 32.9 Å². The van der Waals surface area contributed by atoms with Crippen LogP contribution in [0.1, 0.15) is 12.0 Å². The van der Waals surface area contributed by atoms with Crippen LogP contribution in [0.25, 0.3) is 0 Å². The number of ether oxygens (including phenoxy) is 2. The molecular formula is C13H18FNO2. The van der Waals surface area contributed by atoms with Crippen LogP contribution in [0.15, 0.2) is 18.2 Å². The van der Waals surface area contributed by atoms with E-state index in [0.717, 1.165) is 30.8 Å². The predicted octanol–water partition coefficient (Wildman–Crippen LogP) is 1.76. The molecule has 0 aromatic heterocycles. The molecule has 1 aromatic carbocycles. The summed E-state index contributed by atoms with van der Waals surface area (Å²) in [6, 6.07) is 4.60. The Morgan fingerprint density at radius 1 is 1.41 bits per heavy atom. The van der Waals surface area contributed by atoms with Gasteiger partial charge in [-0.05, 0) is 36.7 Å². The Bertz CT molecular complexity index is 389. The van der Waals surface area contributed by atoms with Crippen LogP contribution in [0.2, 0.25) is 0 Å². The monoisotopic (exact) mass is 239 g/mol. The van der Waals surface area contributed by atoms with Gasteiger partial charge in [-0.3, -0.25) is 0 Å². The number of benzene rings is 1. The summed E-state index contributed by atoms with van der Waals surface area (Å²) in [4.78, 5) is 0. The summed E-state index contributed by atoms with van der Waals surface area (Å²) in [6.45, 7) is 1.73. The van der Waals surface area contributed by atoms with E-state index in [4.69, 9.17) is 9.47 Å². The molecule has 4 heteroatoms. The van der Waals surface area contributed by atoms with Gasteiger partial charge in [0.15, 0.2) is 0 Å². The smallest absolute Gasteiger partial charge is 0.123 e. The van der Waals surface area contributed by atoms with Crippen molar-refractivity contribution in [2.24, 2.45) is 0 Å². The van der Waals surface area contributed by atoms with Crippen molar-refractivity contribution in [2.45, 2.75) is 18.4 Å². The zero-order valence-corrected chi connectivity index (χ0v) is 10.3. The molecule has 94 valence electrons. The standard InChI is InChI=1S/C13H18FNO2/c1-16-12-4-3-11(14)7-10(12)8-13(17-2)5-6-15-9-13/h3-4,7,15H,5-6,8-9H2,1-2H3. The van der Waals surface area contributed by atoms with E-state index in [9.17, 15) is 4.39 Å². The lowest BCUT2D eigenvalue weighted by Gasteiger charge is -2.27. The Morgan fingerprint density at radius 2 is 2.24 bits per heavy atom. The largest absolute Gasteiger partial charge is 0.496 e. The highest BCUT2D eigenvalue weighted by Gasteiger charge is 2.34. The SMILES string of the molecule is COc1ccc(F)cc1CC1(OC)CCNC1. The maximum Gasteiger partial charge on any atom is 0.123 e. The van der Waals surface area contributed by atoms with Crippen molar-refractivity contribution < 1.29 is 13.9 Å². The van der Waals surface area contributed by atoms with Crippen molar-refractivity contribution in [2.75, 3.05) is 27.3 Å². The van der Waals surface area contributed by atoms with E-state index in [0.29, 0.717) is 6.42 Å². The van der Waals surface area contributed by atoms with Gasteiger partial charge in [-0.15, -0.1) is 0 Å². The molecule has 17 heavy (non-hydrogen) atoms. The number of methoxy groups -OCH3 is 2. The molecule has 0 amide bonds. The van der Waals surface area contributed by atoms with Crippen LogP contribution in [0.3, 0.4) is 0 Å². The van der Waals surface area contributed by atoms with E-state index >= 15 is 0 Å². The molecule has 3 nitrogen and oxygen atoms in total. The van der Waals surface area contributed by atoms with Crippen LogP contribution < -0.4 is 10.1 Å². The number of rotatable bonds is 4. The van der Waals surface area contributed by atoms with Gasteiger partial charge in [0.1, 0.15) is 11.6 Å². The van der Waals surface area contributed by atoms with Gasteiger partial charge in [-0.1, -0.05) is 0 Å². The molecule has 0 aliphatic carbocycles. The van der Waals surface area contributed by atoms with Crippen molar-refractivity contribution >= 4 is 0 Å². The lowest BCUT2D eigenvalue weighted by molar-refractivity contribution is 0.00731. The molecule has 1 heterocycles. The first-order chi connectivity index (χ1) is 8.19. The van der Waals surface area contributed by atoms with Gasteiger partial charge in [-0.25, -0.2) is 4.39 Å². The fourth-order valence-corrected chi connectivity index (χ4v) is 2.35. The molecule has 1 atom stereocenters. The van der Waals surface area contributed by atoms with Gasteiger partial charge in [0, 0.05) is 20.1 Å². The van der Waals surface area contributed by atoms with Crippen molar-refractivity contribution in [3.05, 3.63) is 29.6 Å². The van der Waals surface area contributed by atoms with Gasteiger partial charge in [-0.2, -0.15) is 0 Å². The normalized spacial score (nSPS) is 23.9. The van der Waals surface area contributed by atoms with Crippen LogP contribution in [0.5, 0.6) is 5.75 Å². The molecule has 0 radical (unpaired) electrons. The molecule has 1 N–H and O–H groups in total. The van der Waals surface area contributed by atoms with Crippen LogP contribution in [0.4, 0.5) is 4.39 Å². The highest BCUT2D eigenvalue weighted by molar-refractivity contribution is 5.35. The highest BCUT2D eigenvalue weighted by Crippen LogP contribution is 2.29. The molecule has 1 aliphatic heterocycles. The highest BCUT2D eigenvalue weighted by atomic mass is 19.1. The summed E-state index contributed by atoms with van der Waals surface area (Å²) in [7, 11) is 3.31. The predicted molar refractivity (Wildman–Crippen MR) is 63.9 cm³/mol. The molecule has 1 aliphatic rings. The molecule has 1 saturated heterocycles. The second-order valence-electron chi connectivity index (χ2n) is 4.45. The molecule has 1 fully saturated rings. The third kappa shape index (κ3) is 2.58. The lowest BCUT2D eigenvalue weighted by atomic mass is 9.93. The Morgan fingerprint density at radius 3 is 2.82 bits per heavy atom. The summed E-state index contributed by atoms with van der Waals surface area (Å²) < 4.78 is 24.1. The van der Waals surface area contributed by atoms with Crippen molar-refractivity contribution in [3.8, 4) is 5.75 Å². The summed E-state index contributed by atoms with van der Waals surface area (Å²) in [5, 5.41) is 3.28. The summed E-state index contributed by atoms with van der Waals surface area (Å²) in [5.74, 6) is 0.479. The average Bonchev–Trinajstić information content (AvgIpc) is 2.79. The van der Waals surface area contributed by atoms with Crippen molar-refractivity contribution in [3.63, 3.8) is 0 Å². The van der Waals surface area contributed by atoms with Gasteiger partial charge >= 0.3 is 0 Å². The van der Waals surface area contributed by atoms with Gasteiger partial charge in [0.25, 0.3) is 0 Å². The summed E-state index contributed by atoms with van der Waals surface area (Å²) in [6.07, 6.45) is 1.60. The third-order valence-electron chi connectivity index (χ3n) is 3.39. The number of halogens is 1. The maximum absolute atomic E-state index is 13.3. The summed E-state index contributed by atoms with van der Waals surface area (Å²) >= 11 is 0. The third-order valence-corrected chi connectivity index (χ3v) is 3.39. The minimum Gasteiger partial charge on any atom is -0.496 e. The number of nitrogens with one attached hydrogen (secondary N) is 1. The van der Waals surface area contributed by atoms with E-state index in [1.54, 1.807) is 20.3 Å². The first kappa shape index (κ1) is 12.3. The molecule has 1 aromatic rings. The molecular weight excluding hydrogens is 221 g/mol. The zero-order valence-electron chi connectivity index (χ0n) is 10.3. The molecule has 2 rings (SSSR count). The van der Waals surface area contributed by atoms with E-state index < -0.39 is 0 Å². The fourth-order valence-electron chi connectivity index (χ4n) is 2.35. The maximum atomic E-state index is 13.3. The number of hydrogen-bond acceptors (Lipinski definition) is 3. The minimum atomic E-state index is -0.238. The van der Waals surface area contributed by atoms with Crippen molar-refractivity contribution in [1.82, 2.24) is 5.32 Å². The van der Waals surface area contributed by atoms with E-state index in [1.807, 2.05) is 0 Å². The zero-order chi connectivity index (χ0) is 12.3. The first-order valence-corrected chi connectivity index (χ1v) is 5.77. The van der Waals surface area contributed by atoms with Crippen LogP contribution in [0, 0.1) is 5.82 Å². The second-order valence-corrected chi connectivity index (χ2v) is 4.45. The van der Waals surface area contributed by atoms with Crippen molar-refractivity contribution in [1.29, 1.82) is 0 Å². The number of hydrogen-bond donors (Lipinski definition) is 1. The topological polar surface area (TPSA) is 30.5 Å². The lowest BCUT2D eigenvalue weighted by Crippen LogP contribution is -2.36. The van der Waals surface area contributed by atoms with Gasteiger partial charge in [0.2, 0.25) is 0 Å². The van der Waals surface area contributed by atoms with Crippen LogP contribution >= 0.6 is 0 Å². The van der Waals surface area contributed by atoms with Crippen LogP contribution in [-0.2, 0) is 11.2 Å². The molecule has 0 bridgehead atoms. The van der Waals surface area contributed by atoms with Gasteiger partial charge < -0.3 is 14.8 Å². The van der Waals surface area contributed by atoms with Gasteiger partial charge in [0.05, 0.1) is 12.7 Å². The molecule has 0 saturated carbocycles. The first-order valence-electron chi connectivity index (χ1n) is 5.77. The van der Waals surface area contributed by atoms with E-state index in [1.165, 1.54) is 12.1 Å². The Kier molecular flexibility index (Phi) is 3.64. The Hall–Kier alpha value is -1.13. The molecule has 0 spiro atoms. The fraction of sp³-hybridized carbons (Fsp3) is 0.538. The van der Waals surface area contributed by atoms with E-state index in [-0.39, 0.29) is 11.4 Å². The average molecular weight is 239 g/mol. The second kappa shape index (κ2) is 5.02. The Labute approximate surface area is 101 Å². The molecule has 1 unspecified atom stereocenters. The van der Waals surface area contributed by atoms with E-state index in [2.05, 4.69) is 5.32 Å². The Balaban J connectivity index is 2.24. The summed E-state index contributed by atoms with van der Waals surface area (Å²) in [5.41, 5.74) is 0.624. The quantitative estimate of drug-likeness (QED) is 0.868.